The van der Waals surface area contributed by atoms with E-state index in [-0.39, 0.29) is 29.9 Å². The number of carbonyl (C=O) groups is 1. The largest absolute Gasteiger partial charge is 0.404 e. The Morgan fingerprint density at radius 1 is 1.19 bits per heavy atom. The molecule has 32 heavy (non-hydrogen) atoms. The highest BCUT2D eigenvalue weighted by Gasteiger charge is 2.41. The number of nitrogens with zero attached hydrogens (tertiary/aromatic N) is 1. The Kier molecular flexibility index (Phi) is 7.02. The summed E-state index contributed by atoms with van der Waals surface area (Å²) in [4.78, 5) is 12.5. The normalized spacial score (nSPS) is 15.8. The van der Waals surface area contributed by atoms with Crippen LogP contribution in [-0.4, -0.2) is 31.0 Å². The number of hydrogen-bond acceptors (Lipinski definition) is 3. The molecule has 0 bridgehead atoms. The Morgan fingerprint density at radius 3 is 2.50 bits per heavy atom. The van der Waals surface area contributed by atoms with Crippen molar-refractivity contribution in [2.45, 2.75) is 62.7 Å². The molecule has 1 N–H and O–H groups in total. The lowest BCUT2D eigenvalue weighted by Gasteiger charge is -2.18. The van der Waals surface area contributed by atoms with E-state index < -0.39 is 56.0 Å². The first-order chi connectivity index (χ1) is 14.8. The minimum Gasteiger partial charge on any atom is -0.340 e. The van der Waals surface area contributed by atoms with E-state index in [1.807, 2.05) is 0 Å². The summed E-state index contributed by atoms with van der Waals surface area (Å²) in [5.41, 5.74) is 0.124. The van der Waals surface area contributed by atoms with E-state index in [0.717, 1.165) is 18.6 Å². The van der Waals surface area contributed by atoms with Gasteiger partial charge in [-0.3, -0.25) is 4.79 Å². The molecule has 1 aliphatic heterocycles. The minimum absolute atomic E-state index is 0.141. The molecule has 1 aromatic heterocycles. The Labute approximate surface area is 186 Å². The third-order valence-electron chi connectivity index (χ3n) is 5.26. The topological polar surface area (TPSA) is 68.2 Å². The molecule has 1 aliphatic rings. The number of hydrogen-bond donors (Lipinski definition) is 1. The van der Waals surface area contributed by atoms with Gasteiger partial charge >= 0.3 is 6.18 Å². The lowest BCUT2D eigenvalue weighted by atomic mass is 10.1. The zero-order chi connectivity index (χ0) is 23.8. The molecule has 12 heteroatoms. The molecular weight excluding hydrogens is 479 g/mol. The number of aromatic nitrogens is 1. The van der Waals surface area contributed by atoms with Crippen LogP contribution in [-0.2, 0) is 29.4 Å². The summed E-state index contributed by atoms with van der Waals surface area (Å²) in [5.74, 6) is -2.90. The number of fused-ring (bicyclic) bond motifs is 1. The van der Waals surface area contributed by atoms with Crippen LogP contribution >= 0.6 is 11.6 Å². The van der Waals surface area contributed by atoms with Crippen molar-refractivity contribution < 1.29 is 35.2 Å². The van der Waals surface area contributed by atoms with E-state index in [1.165, 1.54) is 10.6 Å². The van der Waals surface area contributed by atoms with Gasteiger partial charge in [0.2, 0.25) is 10.0 Å². The highest BCUT2D eigenvalue weighted by molar-refractivity contribution is 7.89. The fraction of sp³-hybridized carbons (Fsp3) is 0.450. The third-order valence-corrected chi connectivity index (χ3v) is 7.39. The van der Waals surface area contributed by atoms with Crippen molar-refractivity contribution in [3.05, 3.63) is 51.8 Å². The first-order valence-corrected chi connectivity index (χ1v) is 11.7. The van der Waals surface area contributed by atoms with Crippen molar-refractivity contribution in [1.82, 2.24) is 9.29 Å². The number of Topliss-reactive ketones (excluding diaryl/α,β-unsaturated/α-hetero) is 1. The van der Waals surface area contributed by atoms with Crippen molar-refractivity contribution in [2.75, 3.05) is 0 Å². The van der Waals surface area contributed by atoms with Crippen molar-refractivity contribution in [3.8, 4) is 0 Å². The summed E-state index contributed by atoms with van der Waals surface area (Å²) in [6.07, 6.45) is -3.12. The van der Waals surface area contributed by atoms with Crippen LogP contribution in [0.5, 0.6) is 0 Å². The van der Waals surface area contributed by atoms with Crippen LogP contribution in [0.2, 0.25) is 5.02 Å². The van der Waals surface area contributed by atoms with Crippen molar-refractivity contribution in [3.63, 3.8) is 0 Å². The Morgan fingerprint density at radius 2 is 1.88 bits per heavy atom. The summed E-state index contributed by atoms with van der Waals surface area (Å²) < 4.78 is 94.3. The predicted molar refractivity (Wildman–Crippen MR) is 107 cm³/mol. The van der Waals surface area contributed by atoms with Crippen LogP contribution in [0.1, 0.15) is 47.9 Å². The van der Waals surface area contributed by atoms with E-state index in [2.05, 4.69) is 0 Å². The molecule has 0 radical (unpaired) electrons. The SMILES string of the molecule is C[C@@H](NS(=O)(=O)c1c(Cl)c(C(=O)Cc2ccc(F)c(F)c2)n2c1CCCCC2)C(F)(F)F. The van der Waals surface area contributed by atoms with Gasteiger partial charge in [-0.15, -0.1) is 0 Å². The number of carbonyl (C=O) groups excluding carboxylic acids is 1. The number of sulfonamides is 1. The Bertz CT molecular complexity index is 1150. The molecule has 0 amide bonds. The van der Waals surface area contributed by atoms with Gasteiger partial charge in [0.1, 0.15) is 16.6 Å². The van der Waals surface area contributed by atoms with Gasteiger partial charge < -0.3 is 4.57 Å². The fourth-order valence-electron chi connectivity index (χ4n) is 3.67. The van der Waals surface area contributed by atoms with Crippen LogP contribution in [0, 0.1) is 11.6 Å². The summed E-state index contributed by atoms with van der Waals surface area (Å²) in [6, 6.07) is 0.542. The number of ketones is 1. The van der Waals surface area contributed by atoms with Gasteiger partial charge in [-0.2, -0.15) is 17.9 Å². The van der Waals surface area contributed by atoms with Crippen LogP contribution in [0.15, 0.2) is 23.1 Å². The summed E-state index contributed by atoms with van der Waals surface area (Å²) in [6.45, 7) is 0.910. The van der Waals surface area contributed by atoms with Gasteiger partial charge in [0.05, 0.1) is 5.02 Å². The van der Waals surface area contributed by atoms with E-state index in [9.17, 15) is 35.2 Å². The Balaban J connectivity index is 2.07. The molecule has 3 rings (SSSR count). The second-order valence-electron chi connectivity index (χ2n) is 7.63. The number of halogens is 6. The monoisotopic (exact) mass is 498 g/mol. The minimum atomic E-state index is -4.82. The smallest absolute Gasteiger partial charge is 0.340 e. The third kappa shape index (κ3) is 4.99. The second kappa shape index (κ2) is 9.11. The molecular formula is C20H20ClF5N2O3S. The van der Waals surface area contributed by atoms with Gasteiger partial charge in [0.25, 0.3) is 0 Å². The second-order valence-corrected chi connectivity index (χ2v) is 9.66. The molecule has 1 aromatic carbocycles. The van der Waals surface area contributed by atoms with Crippen molar-refractivity contribution in [1.29, 1.82) is 0 Å². The number of alkyl halides is 3. The van der Waals surface area contributed by atoms with Crippen molar-refractivity contribution in [2.24, 2.45) is 0 Å². The molecule has 0 unspecified atom stereocenters. The fourth-order valence-corrected chi connectivity index (χ4v) is 5.86. The molecule has 5 nitrogen and oxygen atoms in total. The van der Waals surface area contributed by atoms with E-state index in [4.69, 9.17) is 11.6 Å². The highest BCUT2D eigenvalue weighted by atomic mass is 35.5. The highest BCUT2D eigenvalue weighted by Crippen LogP contribution is 2.36. The van der Waals surface area contributed by atoms with Crippen LogP contribution in [0.3, 0.4) is 0 Å². The van der Waals surface area contributed by atoms with Gasteiger partial charge in [0.15, 0.2) is 17.4 Å². The number of nitrogens with one attached hydrogen (secondary N) is 1. The lowest BCUT2D eigenvalue weighted by Crippen LogP contribution is -2.43. The molecule has 0 saturated carbocycles. The molecule has 0 fully saturated rings. The molecule has 2 heterocycles. The molecule has 0 saturated heterocycles. The lowest BCUT2D eigenvalue weighted by molar-refractivity contribution is -0.147. The van der Waals surface area contributed by atoms with Gasteiger partial charge in [-0.25, -0.2) is 17.2 Å². The molecule has 176 valence electrons. The average Bonchev–Trinajstić information content (AvgIpc) is 2.80. The van der Waals surface area contributed by atoms with Gasteiger partial charge in [-0.1, -0.05) is 24.1 Å². The summed E-state index contributed by atoms with van der Waals surface area (Å²) in [7, 11) is -4.71. The summed E-state index contributed by atoms with van der Waals surface area (Å²) >= 11 is 6.30. The zero-order valence-corrected chi connectivity index (χ0v) is 18.5. The van der Waals surface area contributed by atoms with Crippen LogP contribution in [0.25, 0.3) is 0 Å². The van der Waals surface area contributed by atoms with Crippen molar-refractivity contribution >= 4 is 27.4 Å². The van der Waals surface area contributed by atoms with Crippen LogP contribution in [0.4, 0.5) is 22.0 Å². The molecule has 0 spiro atoms. The first kappa shape index (κ1) is 24.7. The maximum atomic E-state index is 13.5. The number of benzene rings is 1. The van der Waals surface area contributed by atoms with E-state index >= 15 is 0 Å². The van der Waals surface area contributed by atoms with Gasteiger partial charge in [0, 0.05) is 18.7 Å². The predicted octanol–water partition coefficient (Wildman–Crippen LogP) is 4.80. The summed E-state index contributed by atoms with van der Waals surface area (Å²) in [5, 5.41) is -0.476. The van der Waals surface area contributed by atoms with E-state index in [0.29, 0.717) is 19.8 Å². The van der Waals surface area contributed by atoms with Gasteiger partial charge in [-0.05, 0) is 43.9 Å². The molecule has 0 aliphatic carbocycles. The zero-order valence-electron chi connectivity index (χ0n) is 16.9. The average molecular weight is 499 g/mol. The first-order valence-electron chi connectivity index (χ1n) is 9.80. The maximum Gasteiger partial charge on any atom is 0.404 e. The number of rotatable bonds is 6. The standard InChI is InChI=1S/C20H20ClF5N2O3S/c1-11(20(24,25)26)27-32(30,31)19-15-5-3-2-4-8-28(15)18(17(19)21)16(29)10-12-6-7-13(22)14(23)9-12/h6-7,9,11,27H,2-5,8,10H2,1H3/t11-/m1/s1. The molecule has 2 aromatic rings. The Hall–Kier alpha value is -1.98. The maximum absolute atomic E-state index is 13.5. The van der Waals surface area contributed by atoms with E-state index in [1.54, 1.807) is 4.72 Å². The molecule has 1 atom stereocenters. The quantitative estimate of drug-likeness (QED) is 0.459. The van der Waals surface area contributed by atoms with Crippen LogP contribution < -0.4 is 4.72 Å².